The smallest absolute Gasteiger partial charge is 0.237 e. The SMILES string of the molecule is CC(C)NC(=O)C(C)N[C@H](C)c1ccc(F)cc1. The normalized spacial score (nSPS) is 14.3. The van der Waals surface area contributed by atoms with E-state index in [4.69, 9.17) is 0 Å². The molecule has 4 heteroatoms. The molecule has 0 aliphatic heterocycles. The Morgan fingerprint density at radius 1 is 1.11 bits per heavy atom. The van der Waals surface area contributed by atoms with Crippen molar-refractivity contribution in [2.75, 3.05) is 0 Å². The number of carbonyl (C=O) groups excluding carboxylic acids is 1. The van der Waals surface area contributed by atoms with Crippen molar-refractivity contribution in [3.63, 3.8) is 0 Å². The molecule has 0 heterocycles. The highest BCUT2D eigenvalue weighted by Gasteiger charge is 2.16. The van der Waals surface area contributed by atoms with Gasteiger partial charge in [-0.25, -0.2) is 4.39 Å². The highest BCUT2D eigenvalue weighted by molar-refractivity contribution is 5.81. The average molecular weight is 252 g/mol. The van der Waals surface area contributed by atoms with Crippen molar-refractivity contribution in [1.29, 1.82) is 0 Å². The Hall–Kier alpha value is -1.42. The predicted octanol–water partition coefficient (Wildman–Crippen LogP) is 2.39. The zero-order valence-electron chi connectivity index (χ0n) is 11.3. The van der Waals surface area contributed by atoms with Gasteiger partial charge < -0.3 is 5.32 Å². The van der Waals surface area contributed by atoms with E-state index in [-0.39, 0.29) is 29.8 Å². The Labute approximate surface area is 108 Å². The molecule has 18 heavy (non-hydrogen) atoms. The van der Waals surface area contributed by atoms with Crippen molar-refractivity contribution in [2.45, 2.75) is 45.8 Å². The molecule has 0 radical (unpaired) electrons. The van der Waals surface area contributed by atoms with E-state index < -0.39 is 0 Å². The molecule has 1 amide bonds. The van der Waals surface area contributed by atoms with Gasteiger partial charge >= 0.3 is 0 Å². The molecule has 0 spiro atoms. The summed E-state index contributed by atoms with van der Waals surface area (Å²) >= 11 is 0. The minimum atomic E-state index is -0.285. The molecule has 0 saturated carbocycles. The lowest BCUT2D eigenvalue weighted by atomic mass is 10.1. The molecule has 0 aliphatic rings. The molecule has 0 bridgehead atoms. The van der Waals surface area contributed by atoms with Gasteiger partial charge in [-0.1, -0.05) is 12.1 Å². The monoisotopic (exact) mass is 252 g/mol. The summed E-state index contributed by atoms with van der Waals surface area (Å²) in [4.78, 5) is 11.7. The van der Waals surface area contributed by atoms with Crippen LogP contribution in [-0.4, -0.2) is 18.0 Å². The van der Waals surface area contributed by atoms with E-state index in [9.17, 15) is 9.18 Å². The van der Waals surface area contributed by atoms with E-state index in [0.29, 0.717) is 0 Å². The molecule has 0 fully saturated rings. The molecule has 2 atom stereocenters. The molecule has 1 rings (SSSR count). The Morgan fingerprint density at radius 2 is 1.67 bits per heavy atom. The Kier molecular flexibility index (Phi) is 5.28. The van der Waals surface area contributed by atoms with Crippen molar-refractivity contribution in [1.82, 2.24) is 10.6 Å². The summed E-state index contributed by atoms with van der Waals surface area (Å²) in [6.45, 7) is 7.62. The second-order valence-corrected chi connectivity index (χ2v) is 4.82. The lowest BCUT2D eigenvalue weighted by molar-refractivity contribution is -0.123. The number of nitrogens with one attached hydrogen (secondary N) is 2. The number of rotatable bonds is 5. The summed E-state index contributed by atoms with van der Waals surface area (Å²) in [6, 6.07) is 6.13. The van der Waals surface area contributed by atoms with Gasteiger partial charge in [0.2, 0.25) is 5.91 Å². The van der Waals surface area contributed by atoms with Gasteiger partial charge in [0, 0.05) is 12.1 Å². The molecule has 0 aliphatic carbocycles. The van der Waals surface area contributed by atoms with E-state index in [2.05, 4.69) is 10.6 Å². The first-order valence-electron chi connectivity index (χ1n) is 6.22. The lowest BCUT2D eigenvalue weighted by Gasteiger charge is -2.21. The second kappa shape index (κ2) is 6.50. The largest absolute Gasteiger partial charge is 0.353 e. The van der Waals surface area contributed by atoms with Gasteiger partial charge in [-0.2, -0.15) is 0 Å². The molecule has 3 nitrogen and oxygen atoms in total. The first-order valence-corrected chi connectivity index (χ1v) is 6.22. The van der Waals surface area contributed by atoms with Crippen LogP contribution >= 0.6 is 0 Å². The minimum absolute atomic E-state index is 0.00138. The number of benzene rings is 1. The number of hydrogen-bond donors (Lipinski definition) is 2. The van der Waals surface area contributed by atoms with Crippen LogP contribution in [0.15, 0.2) is 24.3 Å². The quantitative estimate of drug-likeness (QED) is 0.845. The highest BCUT2D eigenvalue weighted by Crippen LogP contribution is 2.13. The topological polar surface area (TPSA) is 41.1 Å². The first kappa shape index (κ1) is 14.6. The van der Waals surface area contributed by atoms with Gasteiger partial charge in [0.05, 0.1) is 6.04 Å². The van der Waals surface area contributed by atoms with Crippen LogP contribution in [0.5, 0.6) is 0 Å². The number of amides is 1. The molecule has 100 valence electrons. The Bertz CT molecular complexity index is 389. The van der Waals surface area contributed by atoms with E-state index in [1.165, 1.54) is 12.1 Å². The highest BCUT2D eigenvalue weighted by atomic mass is 19.1. The number of carbonyl (C=O) groups is 1. The van der Waals surface area contributed by atoms with Crippen LogP contribution < -0.4 is 10.6 Å². The third-order valence-corrected chi connectivity index (χ3v) is 2.69. The Morgan fingerprint density at radius 3 is 2.17 bits per heavy atom. The Balaban J connectivity index is 2.56. The van der Waals surface area contributed by atoms with Crippen LogP contribution in [0.25, 0.3) is 0 Å². The summed E-state index contributed by atoms with van der Waals surface area (Å²) in [5.41, 5.74) is 0.959. The zero-order valence-corrected chi connectivity index (χ0v) is 11.3. The van der Waals surface area contributed by atoms with Crippen molar-refractivity contribution in [3.05, 3.63) is 35.6 Å². The molecule has 0 aromatic heterocycles. The molecule has 1 unspecified atom stereocenters. The zero-order chi connectivity index (χ0) is 13.7. The van der Waals surface area contributed by atoms with Gasteiger partial charge in [0.25, 0.3) is 0 Å². The van der Waals surface area contributed by atoms with Gasteiger partial charge in [-0.3, -0.25) is 10.1 Å². The van der Waals surface area contributed by atoms with Crippen LogP contribution in [0.1, 0.15) is 39.3 Å². The summed E-state index contributed by atoms with van der Waals surface area (Å²) in [5, 5.41) is 6.03. The van der Waals surface area contributed by atoms with Crippen LogP contribution in [0.2, 0.25) is 0 Å². The van der Waals surface area contributed by atoms with Crippen molar-refractivity contribution in [2.24, 2.45) is 0 Å². The van der Waals surface area contributed by atoms with Crippen LogP contribution in [-0.2, 0) is 4.79 Å². The number of hydrogen-bond acceptors (Lipinski definition) is 2. The summed E-state index contributed by atoms with van der Waals surface area (Å²) < 4.78 is 12.8. The molecule has 1 aromatic carbocycles. The molecular formula is C14H21FN2O. The fourth-order valence-electron chi connectivity index (χ4n) is 1.71. The van der Waals surface area contributed by atoms with Crippen molar-refractivity contribution >= 4 is 5.91 Å². The van der Waals surface area contributed by atoms with Gasteiger partial charge in [0.1, 0.15) is 5.82 Å². The molecule has 1 aromatic rings. The van der Waals surface area contributed by atoms with E-state index in [0.717, 1.165) is 5.56 Å². The van der Waals surface area contributed by atoms with Gasteiger partial charge in [-0.05, 0) is 45.4 Å². The lowest BCUT2D eigenvalue weighted by Crippen LogP contribution is -2.45. The van der Waals surface area contributed by atoms with E-state index >= 15 is 0 Å². The van der Waals surface area contributed by atoms with Gasteiger partial charge in [0.15, 0.2) is 0 Å². The van der Waals surface area contributed by atoms with Gasteiger partial charge in [-0.15, -0.1) is 0 Å². The third kappa shape index (κ3) is 4.45. The fourth-order valence-corrected chi connectivity index (χ4v) is 1.71. The van der Waals surface area contributed by atoms with E-state index in [1.54, 1.807) is 12.1 Å². The maximum Gasteiger partial charge on any atom is 0.237 e. The van der Waals surface area contributed by atoms with Crippen LogP contribution in [0, 0.1) is 5.82 Å². The van der Waals surface area contributed by atoms with Crippen LogP contribution in [0.4, 0.5) is 4.39 Å². The first-order chi connectivity index (χ1) is 8.40. The molecule has 0 saturated heterocycles. The predicted molar refractivity (Wildman–Crippen MR) is 70.7 cm³/mol. The maximum absolute atomic E-state index is 12.8. The average Bonchev–Trinajstić information content (AvgIpc) is 2.28. The summed E-state index contributed by atoms with van der Waals surface area (Å²) in [7, 11) is 0. The summed E-state index contributed by atoms with van der Waals surface area (Å²) in [5.74, 6) is -0.282. The second-order valence-electron chi connectivity index (χ2n) is 4.82. The fraction of sp³-hybridized carbons (Fsp3) is 0.500. The molecular weight excluding hydrogens is 231 g/mol. The number of halogens is 1. The van der Waals surface area contributed by atoms with Crippen molar-refractivity contribution < 1.29 is 9.18 Å². The third-order valence-electron chi connectivity index (χ3n) is 2.69. The minimum Gasteiger partial charge on any atom is -0.353 e. The van der Waals surface area contributed by atoms with E-state index in [1.807, 2.05) is 27.7 Å². The molecule has 2 N–H and O–H groups in total. The standard InChI is InChI=1S/C14H21FN2O/c1-9(2)16-14(18)11(4)17-10(3)12-5-7-13(15)8-6-12/h5-11,17H,1-4H3,(H,16,18)/t10-,11?/m1/s1. The van der Waals surface area contributed by atoms with Crippen molar-refractivity contribution in [3.8, 4) is 0 Å². The summed E-state index contributed by atoms with van der Waals surface area (Å²) in [6.07, 6.45) is 0. The van der Waals surface area contributed by atoms with Crippen LogP contribution in [0.3, 0.4) is 0 Å². The maximum atomic E-state index is 12.8.